The third kappa shape index (κ3) is 1.61. The molecule has 0 fully saturated rings. The molecule has 4 rings (SSSR count). The lowest BCUT2D eigenvalue weighted by Gasteiger charge is -2.44. The van der Waals surface area contributed by atoms with Crippen molar-refractivity contribution in [2.45, 2.75) is 17.9 Å². The quantitative estimate of drug-likeness (QED) is 0.811. The Balaban J connectivity index is 1.98. The lowest BCUT2D eigenvalue weighted by atomic mass is 9.72. The van der Waals surface area contributed by atoms with Crippen molar-refractivity contribution in [1.82, 2.24) is 4.98 Å². The number of hydrogen-bond donors (Lipinski definition) is 1. The Morgan fingerprint density at radius 2 is 2.26 bits per heavy atom. The molecule has 2 aromatic rings. The van der Waals surface area contributed by atoms with Crippen molar-refractivity contribution in [3.63, 3.8) is 0 Å². The van der Waals surface area contributed by atoms with Gasteiger partial charge in [-0.2, -0.15) is 0 Å². The van der Waals surface area contributed by atoms with E-state index in [1.54, 1.807) is 11.8 Å². The van der Waals surface area contributed by atoms with Gasteiger partial charge in [0.2, 0.25) is 0 Å². The molecule has 0 unspecified atom stereocenters. The summed E-state index contributed by atoms with van der Waals surface area (Å²) in [6.45, 7) is 2.97. The Bertz CT molecular complexity index is 705. The van der Waals surface area contributed by atoms with E-state index in [0.29, 0.717) is 6.61 Å². The molecule has 3 nitrogen and oxygen atoms in total. The second-order valence-electron chi connectivity index (χ2n) is 5.41. The maximum Gasteiger partial charge on any atom is 0.305 e. The molecule has 0 amide bonds. The molecular formula is C14H13NO2S2. The first-order chi connectivity index (χ1) is 9.17. The highest BCUT2D eigenvalue weighted by atomic mass is 32.2. The van der Waals surface area contributed by atoms with E-state index in [4.69, 9.17) is 4.74 Å². The summed E-state index contributed by atoms with van der Waals surface area (Å²) in [6, 6.07) is 8.19. The van der Waals surface area contributed by atoms with Gasteiger partial charge in [-0.15, -0.1) is 11.8 Å². The molecule has 1 aromatic heterocycles. The standard InChI is InChI=1S/C14H13NO2S2/c1-14-6-17-9-5-3-2-4-8(9)10(14)11-12(18-7-14)15-13(16)19-11/h2-5,10H,6-7H2,1H3,(H,15,16)/t10-,14-/m0/s1. The molecule has 0 radical (unpaired) electrons. The van der Waals surface area contributed by atoms with Crippen LogP contribution in [0.1, 0.15) is 23.3 Å². The van der Waals surface area contributed by atoms with Gasteiger partial charge in [-0.25, -0.2) is 0 Å². The summed E-state index contributed by atoms with van der Waals surface area (Å²) in [6.07, 6.45) is 0. The van der Waals surface area contributed by atoms with E-state index < -0.39 is 0 Å². The zero-order valence-corrected chi connectivity index (χ0v) is 12.1. The number of aromatic amines is 1. The van der Waals surface area contributed by atoms with Crippen molar-refractivity contribution in [1.29, 1.82) is 0 Å². The fourth-order valence-corrected chi connectivity index (χ4v) is 5.54. The van der Waals surface area contributed by atoms with Crippen molar-refractivity contribution in [3.8, 4) is 5.75 Å². The van der Waals surface area contributed by atoms with Crippen LogP contribution in [0.15, 0.2) is 34.1 Å². The Labute approximate surface area is 119 Å². The smallest absolute Gasteiger partial charge is 0.305 e. The third-order valence-corrected chi connectivity index (χ3v) is 6.43. The van der Waals surface area contributed by atoms with Crippen LogP contribution >= 0.6 is 23.1 Å². The van der Waals surface area contributed by atoms with Gasteiger partial charge in [0.1, 0.15) is 5.75 Å². The van der Waals surface area contributed by atoms with E-state index in [-0.39, 0.29) is 16.2 Å². The summed E-state index contributed by atoms with van der Waals surface area (Å²) < 4.78 is 5.92. The van der Waals surface area contributed by atoms with E-state index in [2.05, 4.69) is 18.0 Å². The lowest BCUT2D eigenvalue weighted by Crippen LogP contribution is -2.40. The molecular weight excluding hydrogens is 278 g/mol. The van der Waals surface area contributed by atoms with Crippen LogP contribution in [0.25, 0.3) is 0 Å². The highest BCUT2D eigenvalue weighted by Gasteiger charge is 2.46. The molecule has 2 aliphatic rings. The lowest BCUT2D eigenvalue weighted by molar-refractivity contribution is 0.137. The second kappa shape index (κ2) is 3.90. The maximum absolute atomic E-state index is 11.7. The molecule has 1 N–H and O–H groups in total. The van der Waals surface area contributed by atoms with Gasteiger partial charge in [-0.05, 0) is 6.07 Å². The van der Waals surface area contributed by atoms with Gasteiger partial charge in [0, 0.05) is 27.5 Å². The molecule has 5 heteroatoms. The first-order valence-electron chi connectivity index (χ1n) is 6.25. The van der Waals surface area contributed by atoms with E-state index in [1.165, 1.54) is 21.8 Å². The van der Waals surface area contributed by atoms with E-state index in [0.717, 1.165) is 16.5 Å². The average molecular weight is 291 g/mol. The largest absolute Gasteiger partial charge is 0.493 e. The number of benzene rings is 1. The molecule has 19 heavy (non-hydrogen) atoms. The summed E-state index contributed by atoms with van der Waals surface area (Å²) in [4.78, 5) is 15.9. The summed E-state index contributed by atoms with van der Waals surface area (Å²) >= 11 is 3.09. The van der Waals surface area contributed by atoms with Gasteiger partial charge in [0.05, 0.1) is 11.6 Å². The summed E-state index contributed by atoms with van der Waals surface area (Å²) in [5, 5.41) is 1.05. The monoisotopic (exact) mass is 291 g/mol. The Kier molecular flexibility index (Phi) is 2.38. The molecule has 0 bridgehead atoms. The summed E-state index contributed by atoms with van der Waals surface area (Å²) in [5.41, 5.74) is 1.28. The average Bonchev–Trinajstić information content (AvgIpc) is 2.78. The van der Waals surface area contributed by atoms with Gasteiger partial charge in [-0.1, -0.05) is 36.5 Å². The van der Waals surface area contributed by atoms with Gasteiger partial charge in [-0.3, -0.25) is 4.79 Å². The number of rotatable bonds is 0. The third-order valence-electron chi connectivity index (χ3n) is 3.93. The van der Waals surface area contributed by atoms with Gasteiger partial charge in [0.25, 0.3) is 0 Å². The van der Waals surface area contributed by atoms with Gasteiger partial charge in [0.15, 0.2) is 0 Å². The number of aromatic nitrogens is 1. The predicted molar refractivity (Wildman–Crippen MR) is 77.6 cm³/mol. The van der Waals surface area contributed by atoms with E-state index in [9.17, 15) is 4.79 Å². The number of ether oxygens (including phenoxy) is 1. The molecule has 1 aromatic carbocycles. The fourth-order valence-electron chi connectivity index (χ4n) is 2.99. The van der Waals surface area contributed by atoms with E-state index >= 15 is 0 Å². The number of thiazole rings is 1. The zero-order valence-electron chi connectivity index (χ0n) is 10.4. The van der Waals surface area contributed by atoms with E-state index in [1.807, 2.05) is 18.2 Å². The van der Waals surface area contributed by atoms with Crippen LogP contribution in [0.2, 0.25) is 0 Å². The highest BCUT2D eigenvalue weighted by Crippen LogP contribution is 2.55. The number of nitrogens with one attached hydrogen (secondary N) is 1. The minimum atomic E-state index is 0.0470. The Hall–Kier alpha value is -1.20. The Morgan fingerprint density at radius 1 is 1.42 bits per heavy atom. The number of thioether (sulfide) groups is 1. The van der Waals surface area contributed by atoms with Crippen LogP contribution in [0.5, 0.6) is 5.75 Å². The highest BCUT2D eigenvalue weighted by molar-refractivity contribution is 7.99. The second-order valence-corrected chi connectivity index (χ2v) is 7.41. The first-order valence-corrected chi connectivity index (χ1v) is 8.05. The molecule has 2 atom stereocenters. The SMILES string of the molecule is C[C@@]12COc3ccccc3[C@H]1c1sc(=O)[nH]c1SC2. The van der Waals surface area contributed by atoms with Crippen molar-refractivity contribution in [2.75, 3.05) is 12.4 Å². The van der Waals surface area contributed by atoms with Crippen LogP contribution in [0.4, 0.5) is 0 Å². The van der Waals surface area contributed by atoms with Crippen LogP contribution in [0.3, 0.4) is 0 Å². The predicted octanol–water partition coefficient (Wildman–Crippen LogP) is 3.07. The summed E-state index contributed by atoms with van der Waals surface area (Å²) in [5.74, 6) is 2.22. The number of para-hydroxylation sites is 1. The molecule has 0 saturated heterocycles. The number of hydrogen-bond acceptors (Lipinski definition) is 4. The maximum atomic E-state index is 11.7. The molecule has 0 aliphatic carbocycles. The molecule has 3 heterocycles. The van der Waals surface area contributed by atoms with Crippen molar-refractivity contribution in [3.05, 3.63) is 44.4 Å². The first kappa shape index (κ1) is 11.6. The van der Waals surface area contributed by atoms with Crippen molar-refractivity contribution >= 4 is 23.1 Å². The molecule has 0 saturated carbocycles. The van der Waals surface area contributed by atoms with Crippen LogP contribution < -0.4 is 9.61 Å². The summed E-state index contributed by atoms with van der Waals surface area (Å²) in [7, 11) is 0. The minimum absolute atomic E-state index is 0.0470. The van der Waals surface area contributed by atoms with Crippen LogP contribution in [0, 0.1) is 5.41 Å². The van der Waals surface area contributed by atoms with Gasteiger partial charge >= 0.3 is 4.87 Å². The zero-order chi connectivity index (χ0) is 13.0. The van der Waals surface area contributed by atoms with Crippen molar-refractivity contribution in [2.24, 2.45) is 5.41 Å². The molecule has 2 aliphatic heterocycles. The number of fused-ring (bicyclic) bond motifs is 5. The topological polar surface area (TPSA) is 42.1 Å². The van der Waals surface area contributed by atoms with Crippen LogP contribution in [-0.2, 0) is 0 Å². The normalized spacial score (nSPS) is 27.9. The Morgan fingerprint density at radius 3 is 3.16 bits per heavy atom. The van der Waals surface area contributed by atoms with Crippen molar-refractivity contribution < 1.29 is 4.74 Å². The number of H-pyrrole nitrogens is 1. The van der Waals surface area contributed by atoms with Gasteiger partial charge < -0.3 is 9.72 Å². The minimum Gasteiger partial charge on any atom is -0.493 e. The van der Waals surface area contributed by atoms with Crippen LogP contribution in [-0.4, -0.2) is 17.3 Å². The fraction of sp³-hybridized carbons (Fsp3) is 0.357. The molecule has 98 valence electrons. The molecule has 0 spiro atoms.